The highest BCUT2D eigenvalue weighted by Crippen LogP contribution is 2.33. The predicted molar refractivity (Wildman–Crippen MR) is 74.4 cm³/mol. The molecule has 1 aromatic carbocycles. The monoisotopic (exact) mass is 261 g/mol. The molecule has 5 nitrogen and oxygen atoms in total. The van der Waals surface area contributed by atoms with Gasteiger partial charge in [-0.2, -0.15) is 0 Å². The lowest BCUT2D eigenvalue weighted by molar-refractivity contribution is 0.404. The van der Waals surface area contributed by atoms with Crippen molar-refractivity contribution in [2.75, 3.05) is 14.2 Å². The van der Waals surface area contributed by atoms with E-state index in [0.717, 1.165) is 34.3 Å². The first-order valence-corrected chi connectivity index (χ1v) is 6.07. The van der Waals surface area contributed by atoms with E-state index < -0.39 is 0 Å². The number of hydrogen-bond acceptors (Lipinski definition) is 4. The minimum Gasteiger partial charge on any atom is -0.497 e. The number of aryl methyl sites for hydroxylation is 1. The predicted octanol–water partition coefficient (Wildman–Crippen LogP) is 1.87. The number of nitrogens with two attached hydrogens (primary N) is 1. The molecule has 0 saturated carbocycles. The molecule has 0 aliphatic heterocycles. The van der Waals surface area contributed by atoms with Gasteiger partial charge in [0.1, 0.15) is 17.3 Å². The Morgan fingerprint density at radius 1 is 1.26 bits per heavy atom. The van der Waals surface area contributed by atoms with Crippen molar-refractivity contribution in [3.63, 3.8) is 0 Å². The number of ether oxygens (including phenoxy) is 2. The van der Waals surface area contributed by atoms with E-state index in [1.165, 1.54) is 0 Å². The topological polar surface area (TPSA) is 62.3 Å². The minimum atomic E-state index is 0.460. The second-order valence-corrected chi connectivity index (χ2v) is 4.30. The van der Waals surface area contributed by atoms with E-state index in [-0.39, 0.29) is 0 Å². The van der Waals surface area contributed by atoms with Crippen LogP contribution in [-0.4, -0.2) is 23.8 Å². The Morgan fingerprint density at radius 2 is 2.00 bits per heavy atom. The van der Waals surface area contributed by atoms with Gasteiger partial charge in [-0.05, 0) is 25.1 Å². The van der Waals surface area contributed by atoms with Crippen LogP contribution in [0.3, 0.4) is 0 Å². The Bertz CT molecular complexity index is 591. The molecule has 0 saturated heterocycles. The number of aromatic nitrogens is 2. The molecule has 0 spiro atoms. The van der Waals surface area contributed by atoms with E-state index in [9.17, 15) is 0 Å². The summed E-state index contributed by atoms with van der Waals surface area (Å²) in [6.45, 7) is 2.42. The van der Waals surface area contributed by atoms with Gasteiger partial charge in [-0.15, -0.1) is 0 Å². The Hall–Kier alpha value is -2.01. The molecule has 0 bridgehead atoms. The van der Waals surface area contributed by atoms with Crippen LogP contribution in [0.2, 0.25) is 0 Å². The summed E-state index contributed by atoms with van der Waals surface area (Å²) >= 11 is 0. The number of imidazole rings is 1. The molecule has 0 atom stereocenters. The third-order valence-electron chi connectivity index (χ3n) is 3.25. The van der Waals surface area contributed by atoms with Gasteiger partial charge in [0, 0.05) is 13.6 Å². The molecule has 2 N–H and O–H groups in total. The van der Waals surface area contributed by atoms with Crippen LogP contribution in [0.1, 0.15) is 11.4 Å². The highest BCUT2D eigenvalue weighted by Gasteiger charge is 2.16. The molecule has 0 radical (unpaired) electrons. The van der Waals surface area contributed by atoms with Gasteiger partial charge in [0.25, 0.3) is 0 Å². The molecular formula is C14H19N3O2. The van der Waals surface area contributed by atoms with E-state index >= 15 is 0 Å². The Kier molecular flexibility index (Phi) is 3.76. The van der Waals surface area contributed by atoms with Gasteiger partial charge < -0.3 is 19.8 Å². The highest BCUT2D eigenvalue weighted by atomic mass is 16.5. The Morgan fingerprint density at radius 3 is 2.53 bits per heavy atom. The van der Waals surface area contributed by atoms with E-state index in [2.05, 4.69) is 4.98 Å². The van der Waals surface area contributed by atoms with E-state index in [4.69, 9.17) is 15.2 Å². The zero-order valence-corrected chi connectivity index (χ0v) is 11.7. The fourth-order valence-electron chi connectivity index (χ4n) is 2.18. The zero-order chi connectivity index (χ0) is 14.0. The Balaban J connectivity index is 2.63. The third-order valence-corrected chi connectivity index (χ3v) is 3.25. The first-order valence-electron chi connectivity index (χ1n) is 6.07. The van der Waals surface area contributed by atoms with E-state index in [1.54, 1.807) is 14.2 Å². The minimum absolute atomic E-state index is 0.460. The van der Waals surface area contributed by atoms with Crippen LogP contribution in [-0.2, 0) is 13.6 Å². The molecule has 0 aliphatic rings. The smallest absolute Gasteiger partial charge is 0.144 e. The van der Waals surface area contributed by atoms with Crippen molar-refractivity contribution in [1.82, 2.24) is 9.55 Å². The lowest BCUT2D eigenvalue weighted by atomic mass is 10.1. The zero-order valence-electron chi connectivity index (χ0n) is 11.7. The first-order chi connectivity index (χ1) is 9.12. The van der Waals surface area contributed by atoms with Crippen LogP contribution < -0.4 is 15.2 Å². The molecule has 0 amide bonds. The molecule has 0 fully saturated rings. The summed E-state index contributed by atoms with van der Waals surface area (Å²) < 4.78 is 12.7. The summed E-state index contributed by atoms with van der Waals surface area (Å²) in [6, 6.07) is 5.66. The van der Waals surface area contributed by atoms with Crippen molar-refractivity contribution in [3.8, 4) is 22.9 Å². The van der Waals surface area contributed by atoms with Crippen molar-refractivity contribution < 1.29 is 9.47 Å². The molecule has 5 heteroatoms. The fraction of sp³-hybridized carbons (Fsp3) is 0.357. The van der Waals surface area contributed by atoms with Gasteiger partial charge in [-0.3, -0.25) is 0 Å². The standard InChI is InChI=1S/C14H19N3O2/c1-9-12(8-15)17(2)14(16-9)11-7-10(18-3)5-6-13(11)19-4/h5-7H,8,15H2,1-4H3. The average molecular weight is 261 g/mol. The molecule has 2 aromatic rings. The summed E-state index contributed by atoms with van der Waals surface area (Å²) in [6.07, 6.45) is 0. The lowest BCUT2D eigenvalue weighted by Crippen LogP contribution is -2.05. The van der Waals surface area contributed by atoms with Crippen LogP contribution in [0.4, 0.5) is 0 Å². The van der Waals surface area contributed by atoms with Crippen molar-refractivity contribution >= 4 is 0 Å². The second-order valence-electron chi connectivity index (χ2n) is 4.30. The molecule has 102 valence electrons. The fourth-order valence-corrected chi connectivity index (χ4v) is 2.18. The second kappa shape index (κ2) is 5.32. The van der Waals surface area contributed by atoms with Gasteiger partial charge in [-0.25, -0.2) is 4.98 Å². The highest BCUT2D eigenvalue weighted by molar-refractivity contribution is 5.67. The van der Waals surface area contributed by atoms with Crippen molar-refractivity contribution in [3.05, 3.63) is 29.6 Å². The molecule has 1 aromatic heterocycles. The normalized spacial score (nSPS) is 10.6. The number of methoxy groups -OCH3 is 2. The molecule has 19 heavy (non-hydrogen) atoms. The van der Waals surface area contributed by atoms with Gasteiger partial charge in [0.2, 0.25) is 0 Å². The van der Waals surface area contributed by atoms with Gasteiger partial charge in [-0.1, -0.05) is 0 Å². The molecule has 0 aliphatic carbocycles. The van der Waals surface area contributed by atoms with E-state index in [1.807, 2.05) is 36.7 Å². The molecule has 2 rings (SSSR count). The quantitative estimate of drug-likeness (QED) is 0.912. The van der Waals surface area contributed by atoms with Crippen LogP contribution in [0.15, 0.2) is 18.2 Å². The van der Waals surface area contributed by atoms with Gasteiger partial charge in [0.15, 0.2) is 0 Å². The molecule has 0 unspecified atom stereocenters. The van der Waals surface area contributed by atoms with Crippen molar-refractivity contribution in [2.45, 2.75) is 13.5 Å². The van der Waals surface area contributed by atoms with Gasteiger partial charge >= 0.3 is 0 Å². The van der Waals surface area contributed by atoms with Crippen LogP contribution in [0.5, 0.6) is 11.5 Å². The lowest BCUT2D eigenvalue weighted by Gasteiger charge is -2.11. The summed E-state index contributed by atoms with van der Waals surface area (Å²) in [4.78, 5) is 4.58. The summed E-state index contributed by atoms with van der Waals surface area (Å²) in [7, 11) is 5.24. The number of benzene rings is 1. The summed E-state index contributed by atoms with van der Waals surface area (Å²) in [5.41, 5.74) is 8.60. The Labute approximate surface area is 113 Å². The van der Waals surface area contributed by atoms with E-state index in [0.29, 0.717) is 6.54 Å². The number of rotatable bonds is 4. The van der Waals surface area contributed by atoms with Crippen LogP contribution >= 0.6 is 0 Å². The maximum Gasteiger partial charge on any atom is 0.144 e. The maximum atomic E-state index is 5.75. The van der Waals surface area contributed by atoms with Gasteiger partial charge in [0.05, 0.1) is 31.2 Å². The van der Waals surface area contributed by atoms with Crippen molar-refractivity contribution in [2.24, 2.45) is 12.8 Å². The summed E-state index contributed by atoms with van der Waals surface area (Å²) in [5.74, 6) is 2.36. The van der Waals surface area contributed by atoms with Crippen LogP contribution in [0.25, 0.3) is 11.4 Å². The third kappa shape index (κ3) is 2.29. The number of nitrogens with zero attached hydrogens (tertiary/aromatic N) is 2. The number of hydrogen-bond donors (Lipinski definition) is 1. The maximum absolute atomic E-state index is 5.75. The largest absolute Gasteiger partial charge is 0.497 e. The molecule has 1 heterocycles. The molecular weight excluding hydrogens is 242 g/mol. The van der Waals surface area contributed by atoms with Crippen molar-refractivity contribution in [1.29, 1.82) is 0 Å². The van der Waals surface area contributed by atoms with Crippen LogP contribution in [0, 0.1) is 6.92 Å². The first kappa shape index (κ1) is 13.4. The SMILES string of the molecule is COc1ccc(OC)c(-c2nc(C)c(CN)n2C)c1. The summed E-state index contributed by atoms with van der Waals surface area (Å²) in [5, 5.41) is 0. The average Bonchev–Trinajstić information content (AvgIpc) is 2.72.